The van der Waals surface area contributed by atoms with Crippen molar-refractivity contribution in [2.24, 2.45) is 0 Å². The second kappa shape index (κ2) is 7.73. The number of rotatable bonds is 6. The van der Waals surface area contributed by atoms with Crippen LogP contribution >= 0.6 is 0 Å². The van der Waals surface area contributed by atoms with Crippen LogP contribution in [0.3, 0.4) is 0 Å². The lowest BCUT2D eigenvalue weighted by molar-refractivity contribution is -0.384. The van der Waals surface area contributed by atoms with Crippen LogP contribution in [0.15, 0.2) is 18.2 Å². The molecule has 9 nitrogen and oxygen atoms in total. The second-order valence-corrected chi connectivity index (χ2v) is 5.21. The molecule has 0 spiro atoms. The predicted octanol–water partition coefficient (Wildman–Crippen LogP) is 1.65. The first kappa shape index (κ1) is 17.7. The number of ether oxygens (including phenoxy) is 3. The summed E-state index contributed by atoms with van der Waals surface area (Å²) in [5.41, 5.74) is 0.0795. The van der Waals surface area contributed by atoms with Gasteiger partial charge in [-0.1, -0.05) is 0 Å². The van der Waals surface area contributed by atoms with Crippen LogP contribution in [0.2, 0.25) is 0 Å². The van der Waals surface area contributed by atoms with Crippen molar-refractivity contribution >= 4 is 23.3 Å². The first-order valence-corrected chi connectivity index (χ1v) is 7.37. The summed E-state index contributed by atoms with van der Waals surface area (Å²) in [6.45, 7) is 1.93. The number of hydrogen-bond donors (Lipinski definition) is 1. The van der Waals surface area contributed by atoms with Crippen molar-refractivity contribution in [2.45, 2.75) is 32.0 Å². The Hall–Kier alpha value is -2.68. The molecule has 0 aromatic heterocycles. The first-order chi connectivity index (χ1) is 11.4. The van der Waals surface area contributed by atoms with Crippen molar-refractivity contribution in [3.05, 3.63) is 28.3 Å². The third-order valence-corrected chi connectivity index (χ3v) is 3.51. The van der Waals surface area contributed by atoms with Gasteiger partial charge < -0.3 is 19.5 Å². The number of benzene rings is 1. The third-order valence-electron chi connectivity index (χ3n) is 3.51. The number of non-ortho nitro benzene ring substituents is 1. The van der Waals surface area contributed by atoms with E-state index in [1.54, 1.807) is 0 Å². The van der Waals surface area contributed by atoms with E-state index in [1.165, 1.54) is 32.2 Å². The number of carbonyl (C=O) groups excluding carboxylic acids is 2. The Morgan fingerprint density at radius 1 is 1.46 bits per heavy atom. The molecule has 1 aromatic carbocycles. The van der Waals surface area contributed by atoms with Gasteiger partial charge in [-0.3, -0.25) is 14.9 Å². The lowest BCUT2D eigenvalue weighted by Crippen LogP contribution is -2.34. The number of anilines is 1. The van der Waals surface area contributed by atoms with Gasteiger partial charge in [-0.2, -0.15) is 0 Å². The van der Waals surface area contributed by atoms with Crippen LogP contribution in [-0.4, -0.2) is 42.7 Å². The number of methoxy groups -OCH3 is 1. The van der Waals surface area contributed by atoms with E-state index in [0.29, 0.717) is 13.0 Å². The Morgan fingerprint density at radius 3 is 2.79 bits per heavy atom. The molecule has 1 saturated heterocycles. The molecule has 0 bridgehead atoms. The monoisotopic (exact) mass is 338 g/mol. The molecule has 1 amide bonds. The summed E-state index contributed by atoms with van der Waals surface area (Å²) in [5, 5.41) is 13.3. The van der Waals surface area contributed by atoms with Gasteiger partial charge in [0.2, 0.25) is 0 Å². The van der Waals surface area contributed by atoms with E-state index in [2.05, 4.69) is 5.32 Å². The summed E-state index contributed by atoms with van der Waals surface area (Å²) in [6.07, 6.45) is -0.320. The minimum atomic E-state index is -1.04. The molecule has 130 valence electrons. The molecule has 1 aliphatic heterocycles. The molecule has 0 radical (unpaired) electrons. The van der Waals surface area contributed by atoms with Crippen molar-refractivity contribution in [3.8, 4) is 5.75 Å². The van der Waals surface area contributed by atoms with Crippen LogP contribution in [0, 0.1) is 10.1 Å². The second-order valence-electron chi connectivity index (χ2n) is 5.21. The predicted molar refractivity (Wildman–Crippen MR) is 82.8 cm³/mol. The Labute approximate surface area is 138 Å². The largest absolute Gasteiger partial charge is 0.494 e. The lowest BCUT2D eigenvalue weighted by atomic mass is 10.2. The molecule has 0 unspecified atom stereocenters. The number of amides is 1. The first-order valence-electron chi connectivity index (χ1n) is 7.37. The zero-order valence-corrected chi connectivity index (χ0v) is 13.3. The van der Waals surface area contributed by atoms with Crippen LogP contribution in [-0.2, 0) is 19.1 Å². The standard InChI is InChI=1S/C15H18N2O7/c1-9(24-15(19)12-4-3-7-23-12)14(18)16-11-6-5-10(17(20)21)8-13(11)22-2/h5-6,8-9,12H,3-4,7H2,1-2H3,(H,16,18)/t9-,12+/m0/s1. The normalized spacial score (nSPS) is 17.8. The highest BCUT2D eigenvalue weighted by Crippen LogP contribution is 2.29. The number of nitrogens with zero attached hydrogens (tertiary/aromatic N) is 1. The van der Waals surface area contributed by atoms with Crippen LogP contribution in [0.4, 0.5) is 11.4 Å². The van der Waals surface area contributed by atoms with E-state index in [-0.39, 0.29) is 17.1 Å². The van der Waals surface area contributed by atoms with Gasteiger partial charge in [0, 0.05) is 12.7 Å². The molecule has 1 N–H and O–H groups in total. The van der Waals surface area contributed by atoms with Crippen LogP contribution in [0.25, 0.3) is 0 Å². The number of nitro benzene ring substituents is 1. The Morgan fingerprint density at radius 2 is 2.21 bits per heavy atom. The molecule has 1 aliphatic rings. The summed E-state index contributed by atoms with van der Waals surface area (Å²) in [6, 6.07) is 3.78. The quantitative estimate of drug-likeness (QED) is 0.476. The highest BCUT2D eigenvalue weighted by atomic mass is 16.6. The van der Waals surface area contributed by atoms with Gasteiger partial charge >= 0.3 is 5.97 Å². The van der Waals surface area contributed by atoms with Gasteiger partial charge in [0.25, 0.3) is 11.6 Å². The molecule has 1 aromatic rings. The Bertz CT molecular complexity index is 641. The maximum absolute atomic E-state index is 12.1. The smallest absolute Gasteiger partial charge is 0.336 e. The lowest BCUT2D eigenvalue weighted by Gasteiger charge is -2.16. The van der Waals surface area contributed by atoms with Crippen LogP contribution in [0.5, 0.6) is 5.75 Å². The summed E-state index contributed by atoms with van der Waals surface area (Å²) in [7, 11) is 1.33. The molecule has 2 rings (SSSR count). The van der Waals surface area contributed by atoms with E-state index in [1.807, 2.05) is 0 Å². The molecule has 1 fully saturated rings. The van der Waals surface area contributed by atoms with Gasteiger partial charge in [0.15, 0.2) is 12.2 Å². The number of carbonyl (C=O) groups is 2. The average Bonchev–Trinajstić information content (AvgIpc) is 3.09. The zero-order chi connectivity index (χ0) is 17.7. The number of hydrogen-bond acceptors (Lipinski definition) is 7. The fourth-order valence-electron chi connectivity index (χ4n) is 2.20. The molecule has 9 heteroatoms. The van der Waals surface area contributed by atoms with E-state index < -0.39 is 29.0 Å². The van der Waals surface area contributed by atoms with E-state index in [9.17, 15) is 19.7 Å². The van der Waals surface area contributed by atoms with Gasteiger partial charge in [0.05, 0.1) is 23.8 Å². The van der Waals surface area contributed by atoms with Gasteiger partial charge in [-0.25, -0.2) is 4.79 Å². The number of esters is 1. The molecule has 0 saturated carbocycles. The molecule has 0 aliphatic carbocycles. The molecular formula is C15H18N2O7. The third kappa shape index (κ3) is 4.19. The minimum absolute atomic E-state index is 0.134. The number of nitrogens with one attached hydrogen (secondary N) is 1. The SMILES string of the molecule is COc1cc([N+](=O)[O-])ccc1NC(=O)[C@H](C)OC(=O)[C@H]1CCCO1. The fraction of sp³-hybridized carbons (Fsp3) is 0.467. The summed E-state index contributed by atoms with van der Waals surface area (Å²) < 4.78 is 15.3. The van der Waals surface area contributed by atoms with Crippen molar-refractivity contribution in [3.63, 3.8) is 0 Å². The van der Waals surface area contributed by atoms with Crippen LogP contribution < -0.4 is 10.1 Å². The van der Waals surface area contributed by atoms with Crippen molar-refractivity contribution in [1.82, 2.24) is 0 Å². The van der Waals surface area contributed by atoms with Crippen molar-refractivity contribution < 1.29 is 28.7 Å². The van der Waals surface area contributed by atoms with Crippen LogP contribution in [0.1, 0.15) is 19.8 Å². The Balaban J connectivity index is 2.00. The van der Waals surface area contributed by atoms with Gasteiger partial charge in [-0.05, 0) is 25.8 Å². The maximum atomic E-state index is 12.1. The fourth-order valence-corrected chi connectivity index (χ4v) is 2.20. The van der Waals surface area contributed by atoms with E-state index in [0.717, 1.165) is 6.42 Å². The summed E-state index contributed by atoms with van der Waals surface area (Å²) in [4.78, 5) is 34.1. The topological polar surface area (TPSA) is 117 Å². The van der Waals surface area contributed by atoms with E-state index >= 15 is 0 Å². The molecule has 24 heavy (non-hydrogen) atoms. The average molecular weight is 338 g/mol. The van der Waals surface area contributed by atoms with Gasteiger partial charge in [-0.15, -0.1) is 0 Å². The molecule has 2 atom stereocenters. The Kier molecular flexibility index (Phi) is 5.69. The van der Waals surface area contributed by atoms with E-state index in [4.69, 9.17) is 14.2 Å². The van der Waals surface area contributed by atoms with Gasteiger partial charge in [0.1, 0.15) is 5.75 Å². The molecule has 1 heterocycles. The highest BCUT2D eigenvalue weighted by Gasteiger charge is 2.28. The maximum Gasteiger partial charge on any atom is 0.336 e. The highest BCUT2D eigenvalue weighted by molar-refractivity contribution is 5.96. The van der Waals surface area contributed by atoms with Crippen molar-refractivity contribution in [1.29, 1.82) is 0 Å². The minimum Gasteiger partial charge on any atom is -0.494 e. The molecular weight excluding hydrogens is 320 g/mol. The zero-order valence-electron chi connectivity index (χ0n) is 13.3. The summed E-state index contributed by atoms with van der Waals surface area (Å²) >= 11 is 0. The number of nitro groups is 1. The van der Waals surface area contributed by atoms with Crippen molar-refractivity contribution in [2.75, 3.05) is 19.0 Å². The summed E-state index contributed by atoms with van der Waals surface area (Å²) in [5.74, 6) is -1.02.